The van der Waals surface area contributed by atoms with Crippen molar-refractivity contribution in [2.24, 2.45) is 0 Å². The summed E-state index contributed by atoms with van der Waals surface area (Å²) in [7, 11) is -2.48. The lowest BCUT2D eigenvalue weighted by molar-refractivity contribution is -0.120. The Morgan fingerprint density at radius 3 is 2.13 bits per heavy atom. The second-order valence-electron chi connectivity index (χ2n) is 6.75. The summed E-state index contributed by atoms with van der Waals surface area (Å²) < 4.78 is 32.7. The third kappa shape index (κ3) is 5.62. The van der Waals surface area contributed by atoms with Crippen LogP contribution >= 0.6 is 0 Å². The van der Waals surface area contributed by atoms with Crippen molar-refractivity contribution in [3.8, 4) is 5.75 Å². The van der Waals surface area contributed by atoms with Crippen LogP contribution in [0.3, 0.4) is 0 Å². The van der Waals surface area contributed by atoms with Crippen LogP contribution < -0.4 is 14.4 Å². The molecule has 0 bridgehead atoms. The lowest BCUT2D eigenvalue weighted by atomic mass is 10.1. The Hall–Kier alpha value is -3.36. The van der Waals surface area contributed by atoms with E-state index in [4.69, 9.17) is 4.74 Å². The van der Waals surface area contributed by atoms with Crippen LogP contribution in [-0.4, -0.2) is 39.6 Å². The number of amides is 1. The first-order valence-electron chi connectivity index (χ1n) is 9.63. The van der Waals surface area contributed by atoms with Crippen LogP contribution in [0.4, 0.5) is 5.69 Å². The van der Waals surface area contributed by atoms with Crippen LogP contribution in [0, 0.1) is 0 Å². The molecular formula is C23H24N2O5S. The molecule has 0 aromatic heterocycles. The van der Waals surface area contributed by atoms with Gasteiger partial charge in [0.25, 0.3) is 10.0 Å². The molecule has 0 saturated heterocycles. The fourth-order valence-corrected chi connectivity index (χ4v) is 4.42. The van der Waals surface area contributed by atoms with E-state index in [1.54, 1.807) is 66.7 Å². The minimum atomic E-state index is -3.99. The van der Waals surface area contributed by atoms with Crippen LogP contribution in [-0.2, 0) is 14.8 Å². The van der Waals surface area contributed by atoms with Gasteiger partial charge in [0.05, 0.1) is 23.8 Å². The number of hydrogen-bond donors (Lipinski definition) is 2. The topological polar surface area (TPSA) is 95.9 Å². The summed E-state index contributed by atoms with van der Waals surface area (Å²) in [4.78, 5) is 12.7. The number of hydrogen-bond acceptors (Lipinski definition) is 5. The first-order valence-corrected chi connectivity index (χ1v) is 11.1. The second kappa shape index (κ2) is 10.1. The van der Waals surface area contributed by atoms with E-state index < -0.39 is 28.6 Å². The number of ether oxygens (including phenoxy) is 1. The Morgan fingerprint density at radius 1 is 0.968 bits per heavy atom. The SMILES string of the molecule is COc1ccc(N(CC(=O)NCC(O)c2ccccc2)S(=O)(=O)c2ccccc2)cc1. The second-order valence-corrected chi connectivity index (χ2v) is 8.62. The van der Waals surface area contributed by atoms with Gasteiger partial charge in [0.2, 0.25) is 5.91 Å². The summed E-state index contributed by atoms with van der Waals surface area (Å²) in [5, 5.41) is 12.9. The molecule has 3 aromatic carbocycles. The highest BCUT2D eigenvalue weighted by molar-refractivity contribution is 7.92. The Labute approximate surface area is 182 Å². The van der Waals surface area contributed by atoms with Crippen LogP contribution in [0.15, 0.2) is 89.8 Å². The third-order valence-electron chi connectivity index (χ3n) is 4.66. The number of rotatable bonds is 9. The highest BCUT2D eigenvalue weighted by Crippen LogP contribution is 2.25. The summed E-state index contributed by atoms with van der Waals surface area (Å²) in [5.74, 6) is 0.0292. The zero-order valence-electron chi connectivity index (χ0n) is 17.0. The summed E-state index contributed by atoms with van der Waals surface area (Å²) in [6.07, 6.45) is -0.898. The number of aliphatic hydroxyl groups is 1. The lowest BCUT2D eigenvalue weighted by Gasteiger charge is -2.24. The third-order valence-corrected chi connectivity index (χ3v) is 6.44. The first kappa shape index (κ1) is 22.3. The standard InChI is InChI=1S/C23H24N2O5S/c1-30-20-14-12-19(13-15-20)25(31(28,29)21-10-6-3-7-11-21)17-23(27)24-16-22(26)18-8-4-2-5-9-18/h2-15,22,26H,16-17H2,1H3,(H,24,27). The fraction of sp³-hybridized carbons (Fsp3) is 0.174. The van der Waals surface area contributed by atoms with Gasteiger partial charge in [0.15, 0.2) is 0 Å². The van der Waals surface area contributed by atoms with E-state index in [-0.39, 0.29) is 11.4 Å². The number of carbonyl (C=O) groups excluding carboxylic acids is 1. The van der Waals surface area contributed by atoms with Crippen molar-refractivity contribution in [1.82, 2.24) is 5.32 Å². The number of aliphatic hydroxyl groups excluding tert-OH is 1. The van der Waals surface area contributed by atoms with Crippen molar-refractivity contribution >= 4 is 21.6 Å². The molecule has 8 heteroatoms. The number of sulfonamides is 1. The molecule has 31 heavy (non-hydrogen) atoms. The van der Waals surface area contributed by atoms with Gasteiger partial charge in [-0.1, -0.05) is 48.5 Å². The van der Waals surface area contributed by atoms with Crippen molar-refractivity contribution < 1.29 is 23.1 Å². The number of benzene rings is 3. The molecule has 0 spiro atoms. The lowest BCUT2D eigenvalue weighted by Crippen LogP contribution is -2.42. The summed E-state index contributed by atoms with van der Waals surface area (Å²) in [6, 6.07) is 23.2. The van der Waals surface area contributed by atoms with Gasteiger partial charge in [-0.05, 0) is 42.0 Å². The molecule has 1 atom stereocenters. The Morgan fingerprint density at radius 2 is 1.55 bits per heavy atom. The minimum Gasteiger partial charge on any atom is -0.497 e. The predicted molar refractivity (Wildman–Crippen MR) is 118 cm³/mol. The van der Waals surface area contributed by atoms with Gasteiger partial charge in [0, 0.05) is 6.54 Å². The molecule has 3 aromatic rings. The van der Waals surface area contributed by atoms with Gasteiger partial charge in [-0.2, -0.15) is 0 Å². The number of anilines is 1. The molecule has 3 rings (SSSR count). The molecule has 0 heterocycles. The van der Waals surface area contributed by atoms with Crippen molar-refractivity contribution in [1.29, 1.82) is 0 Å². The van der Waals surface area contributed by atoms with E-state index in [0.29, 0.717) is 17.0 Å². The summed E-state index contributed by atoms with van der Waals surface area (Å²) in [5.41, 5.74) is 0.982. The molecule has 2 N–H and O–H groups in total. The zero-order chi connectivity index (χ0) is 22.3. The first-order chi connectivity index (χ1) is 14.9. The molecule has 7 nitrogen and oxygen atoms in total. The highest BCUT2D eigenvalue weighted by atomic mass is 32.2. The van der Waals surface area contributed by atoms with Crippen LogP contribution in [0.1, 0.15) is 11.7 Å². The number of carbonyl (C=O) groups is 1. The van der Waals surface area contributed by atoms with E-state index >= 15 is 0 Å². The molecular weight excluding hydrogens is 416 g/mol. The van der Waals surface area contributed by atoms with Crippen molar-refractivity contribution in [3.05, 3.63) is 90.5 Å². The Kier molecular flexibility index (Phi) is 7.28. The van der Waals surface area contributed by atoms with Crippen molar-refractivity contribution in [2.75, 3.05) is 24.5 Å². The monoisotopic (exact) mass is 440 g/mol. The van der Waals surface area contributed by atoms with E-state index in [9.17, 15) is 18.3 Å². The molecule has 0 aliphatic heterocycles. The Bertz CT molecular complexity index is 1090. The van der Waals surface area contributed by atoms with Gasteiger partial charge in [-0.25, -0.2) is 8.42 Å². The number of nitrogens with one attached hydrogen (secondary N) is 1. The molecule has 0 radical (unpaired) electrons. The van der Waals surface area contributed by atoms with E-state index in [2.05, 4.69) is 5.32 Å². The van der Waals surface area contributed by atoms with Gasteiger partial charge in [0.1, 0.15) is 12.3 Å². The summed E-state index contributed by atoms with van der Waals surface area (Å²) in [6.45, 7) is -0.476. The molecule has 0 fully saturated rings. The average Bonchev–Trinajstić information content (AvgIpc) is 2.82. The highest BCUT2D eigenvalue weighted by Gasteiger charge is 2.27. The number of methoxy groups -OCH3 is 1. The van der Waals surface area contributed by atoms with Crippen LogP contribution in [0.5, 0.6) is 5.75 Å². The molecule has 1 amide bonds. The van der Waals surface area contributed by atoms with Gasteiger partial charge in [-0.3, -0.25) is 9.10 Å². The van der Waals surface area contributed by atoms with E-state index in [1.807, 2.05) is 6.07 Å². The quantitative estimate of drug-likeness (QED) is 0.533. The zero-order valence-corrected chi connectivity index (χ0v) is 17.8. The molecule has 0 aliphatic carbocycles. The predicted octanol–water partition coefficient (Wildman–Crippen LogP) is 2.74. The largest absolute Gasteiger partial charge is 0.497 e. The average molecular weight is 441 g/mol. The van der Waals surface area contributed by atoms with Crippen LogP contribution in [0.2, 0.25) is 0 Å². The van der Waals surface area contributed by atoms with E-state index in [1.165, 1.54) is 19.2 Å². The van der Waals surface area contributed by atoms with E-state index in [0.717, 1.165) is 4.31 Å². The fourth-order valence-electron chi connectivity index (χ4n) is 2.97. The van der Waals surface area contributed by atoms with Crippen molar-refractivity contribution in [3.63, 3.8) is 0 Å². The van der Waals surface area contributed by atoms with Crippen molar-refractivity contribution in [2.45, 2.75) is 11.0 Å². The minimum absolute atomic E-state index is 0.0370. The molecule has 0 aliphatic rings. The number of nitrogens with zero attached hydrogens (tertiary/aromatic N) is 1. The molecule has 162 valence electrons. The summed E-state index contributed by atoms with van der Waals surface area (Å²) >= 11 is 0. The van der Waals surface area contributed by atoms with Crippen LogP contribution in [0.25, 0.3) is 0 Å². The smallest absolute Gasteiger partial charge is 0.264 e. The maximum absolute atomic E-state index is 13.2. The normalized spacial score (nSPS) is 12.1. The van der Waals surface area contributed by atoms with Gasteiger partial charge in [-0.15, -0.1) is 0 Å². The van der Waals surface area contributed by atoms with Gasteiger partial charge >= 0.3 is 0 Å². The molecule has 0 saturated carbocycles. The Balaban J connectivity index is 1.80. The maximum Gasteiger partial charge on any atom is 0.264 e. The van der Waals surface area contributed by atoms with Gasteiger partial charge < -0.3 is 15.2 Å². The maximum atomic E-state index is 13.2. The molecule has 1 unspecified atom stereocenters.